The van der Waals surface area contributed by atoms with Crippen molar-refractivity contribution in [3.8, 4) is 0 Å². The van der Waals surface area contributed by atoms with E-state index in [1.807, 2.05) is 20.1 Å². The van der Waals surface area contributed by atoms with Crippen molar-refractivity contribution in [2.24, 2.45) is 11.8 Å². The molecular weight excluding hydrogens is 277 g/mol. The first-order valence-electron chi connectivity index (χ1n) is 7.29. The smallest absolute Gasteiger partial charge is 0.189 e. The third-order valence-corrected chi connectivity index (χ3v) is 5.49. The fraction of sp³-hybridized carbons (Fsp3) is 0.429. The molecular formula is C14H24BN5Si. The molecule has 21 heavy (non-hydrogen) atoms. The molecule has 0 unspecified atom stereocenters. The molecule has 2 rings (SSSR count). The van der Waals surface area contributed by atoms with Crippen LogP contribution in [-0.4, -0.2) is 25.9 Å². The third kappa shape index (κ3) is 4.18. The van der Waals surface area contributed by atoms with Crippen molar-refractivity contribution in [2.45, 2.75) is 32.5 Å². The molecule has 1 fully saturated rings. The maximum atomic E-state index is 5.57. The van der Waals surface area contributed by atoms with Gasteiger partial charge < -0.3 is 10.7 Å². The second-order valence-electron chi connectivity index (χ2n) is 6.60. The Bertz CT molecular complexity index is 575. The average molecular weight is 301 g/mol. The Morgan fingerprint density at radius 2 is 2.14 bits per heavy atom. The Morgan fingerprint density at radius 3 is 2.67 bits per heavy atom. The Balaban J connectivity index is 2.22. The van der Waals surface area contributed by atoms with Crippen LogP contribution in [0.3, 0.4) is 0 Å². The number of hydrazine groups is 1. The summed E-state index contributed by atoms with van der Waals surface area (Å²) in [6, 6.07) is 0. The molecule has 1 aliphatic rings. The number of nitrogens with zero attached hydrogens (tertiary/aromatic N) is 2. The molecule has 0 radical (unpaired) electrons. The lowest BCUT2D eigenvalue weighted by Crippen LogP contribution is -2.42. The highest BCUT2D eigenvalue weighted by Crippen LogP contribution is 2.35. The van der Waals surface area contributed by atoms with Crippen LogP contribution in [0, 0.1) is 5.92 Å². The summed E-state index contributed by atoms with van der Waals surface area (Å²) >= 11 is 0. The number of hydrogen-bond acceptors (Lipinski definition) is 5. The highest BCUT2D eigenvalue weighted by Gasteiger charge is 2.26. The van der Waals surface area contributed by atoms with E-state index in [1.165, 1.54) is 18.0 Å². The van der Waals surface area contributed by atoms with Gasteiger partial charge in [-0.3, -0.25) is 10.8 Å². The van der Waals surface area contributed by atoms with Crippen LogP contribution in [0.5, 0.6) is 0 Å². The van der Waals surface area contributed by atoms with E-state index >= 15 is 0 Å². The van der Waals surface area contributed by atoms with Gasteiger partial charge in [-0.15, -0.1) is 0 Å². The van der Waals surface area contributed by atoms with Crippen molar-refractivity contribution in [1.82, 2.24) is 15.4 Å². The van der Waals surface area contributed by atoms with Crippen molar-refractivity contribution in [1.29, 1.82) is 0 Å². The number of rotatable bonds is 6. The minimum atomic E-state index is -1.51. The zero-order valence-electron chi connectivity index (χ0n) is 13.3. The van der Waals surface area contributed by atoms with E-state index in [2.05, 4.69) is 46.9 Å². The quantitative estimate of drug-likeness (QED) is 0.298. The summed E-state index contributed by atoms with van der Waals surface area (Å²) < 4.78 is 0. The number of allylic oxidation sites excluding steroid dienone is 2. The predicted molar refractivity (Wildman–Crippen MR) is 94.1 cm³/mol. The van der Waals surface area contributed by atoms with Gasteiger partial charge in [0.1, 0.15) is 5.82 Å². The van der Waals surface area contributed by atoms with Crippen LogP contribution in [0.2, 0.25) is 19.6 Å². The number of nitrogens with one attached hydrogen (secondary N) is 2. The van der Waals surface area contributed by atoms with Gasteiger partial charge in [0.05, 0.1) is 13.8 Å². The topological polar surface area (TPSA) is 75.9 Å². The largest absolute Gasteiger partial charge is 0.341 e. The average Bonchev–Trinajstić information content (AvgIpc) is 3.18. The molecule has 0 atom stereocenters. The minimum absolute atomic E-state index is 0.553. The normalized spacial score (nSPS) is 15.7. The highest BCUT2D eigenvalue weighted by molar-refractivity contribution is 6.89. The molecule has 4 N–H and O–H groups in total. The number of hydrogen-bond donors (Lipinski definition) is 3. The predicted octanol–water partition coefficient (Wildman–Crippen LogP) is -0.0370. The first-order valence-corrected chi connectivity index (χ1v) is 10.8. The van der Waals surface area contributed by atoms with Crippen molar-refractivity contribution in [2.75, 3.05) is 5.32 Å². The third-order valence-electron chi connectivity index (χ3n) is 3.51. The number of nitrogens with two attached hydrogens (primary N) is 1. The molecule has 0 amide bonds. The molecule has 7 heteroatoms. The second kappa shape index (κ2) is 6.03. The van der Waals surface area contributed by atoms with Crippen LogP contribution in [-0.2, 0) is 0 Å². The minimum Gasteiger partial charge on any atom is -0.341 e. The van der Waals surface area contributed by atoms with Crippen molar-refractivity contribution < 1.29 is 0 Å². The lowest BCUT2D eigenvalue weighted by Gasteiger charge is -2.21. The molecule has 1 aliphatic carbocycles. The summed E-state index contributed by atoms with van der Waals surface area (Å²) in [7, 11) is 0.383. The van der Waals surface area contributed by atoms with E-state index in [0.717, 1.165) is 22.9 Å². The van der Waals surface area contributed by atoms with E-state index in [1.54, 1.807) is 0 Å². The maximum Gasteiger partial charge on any atom is 0.189 e. The monoisotopic (exact) mass is 301 g/mol. The fourth-order valence-electron chi connectivity index (χ4n) is 2.16. The standard InChI is InChI=1S/C14H24BN5Si/c1-9(7-11(20-16)10-5-6-10)18-13-12(21(2,3)4)8-17-14(15)19-13/h7-8,10,20H,1,5-6,15-16H2,2-4H3,(H,17,18,19)/b11-7-. The second-order valence-corrected chi connectivity index (χ2v) is 11.6. The van der Waals surface area contributed by atoms with Gasteiger partial charge in [-0.2, -0.15) is 0 Å². The number of anilines is 1. The van der Waals surface area contributed by atoms with E-state index in [9.17, 15) is 0 Å². The molecule has 1 saturated carbocycles. The Labute approximate surface area is 128 Å². The van der Waals surface area contributed by atoms with E-state index < -0.39 is 8.07 Å². The Hall–Kier alpha value is -1.60. The van der Waals surface area contributed by atoms with Gasteiger partial charge in [-0.1, -0.05) is 26.2 Å². The van der Waals surface area contributed by atoms with E-state index in [-0.39, 0.29) is 0 Å². The van der Waals surface area contributed by atoms with Gasteiger partial charge in [0, 0.05) is 23.5 Å². The van der Waals surface area contributed by atoms with Gasteiger partial charge in [0.25, 0.3) is 0 Å². The Morgan fingerprint density at radius 1 is 1.48 bits per heavy atom. The molecule has 1 aromatic heterocycles. The summed E-state index contributed by atoms with van der Waals surface area (Å²) in [4.78, 5) is 8.88. The van der Waals surface area contributed by atoms with Crippen LogP contribution in [0.25, 0.3) is 0 Å². The van der Waals surface area contributed by atoms with Gasteiger partial charge in [-0.05, 0) is 24.1 Å². The van der Waals surface area contributed by atoms with Crippen LogP contribution in [0.1, 0.15) is 12.8 Å². The summed E-state index contributed by atoms with van der Waals surface area (Å²) in [5.41, 5.74) is 5.37. The van der Waals surface area contributed by atoms with Crippen LogP contribution < -0.4 is 27.5 Å². The molecule has 0 saturated heterocycles. The lowest BCUT2D eigenvalue weighted by molar-refractivity contribution is 0.786. The summed E-state index contributed by atoms with van der Waals surface area (Å²) in [5.74, 6) is 7.00. The van der Waals surface area contributed by atoms with E-state index in [0.29, 0.717) is 5.92 Å². The zero-order chi connectivity index (χ0) is 15.6. The van der Waals surface area contributed by atoms with Gasteiger partial charge in [-0.25, -0.2) is 4.98 Å². The lowest BCUT2D eigenvalue weighted by atomic mass is 10.1. The Kier molecular flexibility index (Phi) is 4.53. The maximum absolute atomic E-state index is 5.57. The van der Waals surface area contributed by atoms with Gasteiger partial charge >= 0.3 is 0 Å². The first kappa shape index (κ1) is 15.8. The molecule has 112 valence electrons. The number of aromatic nitrogens is 2. The molecule has 0 aliphatic heterocycles. The first-order chi connectivity index (χ1) is 9.81. The van der Waals surface area contributed by atoms with Crippen molar-refractivity contribution in [3.05, 3.63) is 30.2 Å². The van der Waals surface area contributed by atoms with E-state index in [4.69, 9.17) is 5.84 Å². The molecule has 0 aromatic carbocycles. The van der Waals surface area contributed by atoms with Crippen molar-refractivity contribution >= 4 is 32.6 Å². The summed E-state index contributed by atoms with van der Waals surface area (Å²) in [5, 5.41) is 4.53. The van der Waals surface area contributed by atoms with Crippen LogP contribution in [0.4, 0.5) is 5.82 Å². The fourth-order valence-corrected chi connectivity index (χ4v) is 3.44. The molecule has 0 bridgehead atoms. The molecule has 1 aromatic rings. The summed E-state index contributed by atoms with van der Waals surface area (Å²) in [6.45, 7) is 10.9. The SMILES string of the molecule is Bc1ncc([Si](C)(C)C)c(NC(=C)/C=C(\NN)C2CC2)n1. The van der Waals surface area contributed by atoms with Gasteiger partial charge in [0.15, 0.2) is 7.85 Å². The zero-order valence-corrected chi connectivity index (χ0v) is 14.3. The van der Waals surface area contributed by atoms with Crippen molar-refractivity contribution in [3.63, 3.8) is 0 Å². The van der Waals surface area contributed by atoms with Crippen LogP contribution >= 0.6 is 0 Å². The summed E-state index contributed by atoms with van der Waals surface area (Å²) in [6.07, 6.45) is 6.30. The van der Waals surface area contributed by atoms with Crippen LogP contribution in [0.15, 0.2) is 30.2 Å². The highest BCUT2D eigenvalue weighted by atomic mass is 28.3. The molecule has 5 nitrogen and oxygen atoms in total. The van der Waals surface area contributed by atoms with Gasteiger partial charge in [0.2, 0.25) is 0 Å². The molecule has 1 heterocycles. The molecule has 0 spiro atoms.